The van der Waals surface area contributed by atoms with Crippen molar-refractivity contribution < 1.29 is 13.2 Å². The highest BCUT2D eigenvalue weighted by Gasteiger charge is 2.27. The Morgan fingerprint density at radius 1 is 1.23 bits per heavy atom. The van der Waals surface area contributed by atoms with Crippen LogP contribution in [0.5, 0.6) is 0 Å². The molecule has 0 bridgehead atoms. The van der Waals surface area contributed by atoms with Crippen LogP contribution in [0.4, 0.5) is 0 Å². The Labute approximate surface area is 158 Å². The van der Waals surface area contributed by atoms with E-state index in [0.29, 0.717) is 10.7 Å². The minimum atomic E-state index is -3.82. The first-order valence-corrected chi connectivity index (χ1v) is 10.7. The molecule has 1 fully saturated rings. The monoisotopic (exact) mass is 395 g/mol. The van der Waals surface area contributed by atoms with E-state index in [1.165, 1.54) is 17.2 Å². The van der Waals surface area contributed by atoms with Gasteiger partial charge in [-0.3, -0.25) is 4.79 Å². The normalized spacial score (nSPS) is 15.8. The van der Waals surface area contributed by atoms with Gasteiger partial charge in [0.05, 0.1) is 11.9 Å². The largest absolute Gasteiger partial charge is 0.352 e. The number of carbonyl (C=O) groups excluding carboxylic acids is 1. The third-order valence-electron chi connectivity index (χ3n) is 4.66. The van der Waals surface area contributed by atoms with Crippen LogP contribution < -0.4 is 5.32 Å². The zero-order valence-corrected chi connectivity index (χ0v) is 16.2. The summed E-state index contributed by atoms with van der Waals surface area (Å²) in [6, 6.07) is 7.14. The average Bonchev–Trinajstić information content (AvgIpc) is 2.98. The van der Waals surface area contributed by atoms with Gasteiger partial charge in [0.25, 0.3) is 0 Å². The molecule has 1 N–H and O–H groups in total. The van der Waals surface area contributed by atoms with Gasteiger partial charge >= 0.3 is 0 Å². The molecule has 8 heteroatoms. The van der Waals surface area contributed by atoms with Gasteiger partial charge in [-0.25, -0.2) is 13.4 Å². The second-order valence-electron chi connectivity index (χ2n) is 6.65. The number of aromatic nitrogens is 2. The number of amides is 1. The molecule has 140 valence electrons. The Morgan fingerprint density at radius 2 is 1.88 bits per heavy atom. The number of carbonyl (C=O) groups is 1. The number of imidazole rings is 1. The van der Waals surface area contributed by atoms with Crippen LogP contribution in [0.1, 0.15) is 32.1 Å². The minimum Gasteiger partial charge on any atom is -0.352 e. The summed E-state index contributed by atoms with van der Waals surface area (Å²) < 4.78 is 26.8. The molecule has 0 spiro atoms. The molecular formula is C18H22ClN3O3S. The number of halogens is 1. The van der Waals surface area contributed by atoms with Crippen LogP contribution in [0.3, 0.4) is 0 Å². The number of nitrogens with zero attached hydrogens (tertiary/aromatic N) is 2. The van der Waals surface area contributed by atoms with E-state index in [1.807, 2.05) is 0 Å². The van der Waals surface area contributed by atoms with Crippen molar-refractivity contribution in [3.63, 3.8) is 0 Å². The Kier molecular flexibility index (Phi) is 5.67. The molecule has 6 nitrogen and oxygen atoms in total. The number of sulfone groups is 1. The summed E-state index contributed by atoms with van der Waals surface area (Å²) in [5, 5.41) is 3.33. The lowest BCUT2D eigenvalue weighted by Crippen LogP contribution is -2.39. The van der Waals surface area contributed by atoms with Gasteiger partial charge in [0.2, 0.25) is 20.9 Å². The molecule has 1 aromatic carbocycles. The minimum absolute atomic E-state index is 0.0810. The van der Waals surface area contributed by atoms with Gasteiger partial charge < -0.3 is 9.88 Å². The summed E-state index contributed by atoms with van der Waals surface area (Å²) in [5.41, 5.74) is 1.45. The molecule has 0 saturated heterocycles. The van der Waals surface area contributed by atoms with Gasteiger partial charge in [-0.2, -0.15) is 0 Å². The van der Waals surface area contributed by atoms with Gasteiger partial charge in [-0.1, -0.05) is 43.0 Å². The quantitative estimate of drug-likeness (QED) is 0.843. The number of hydrogen-bond donors (Lipinski definition) is 1. The molecular weight excluding hydrogens is 374 g/mol. The van der Waals surface area contributed by atoms with Crippen molar-refractivity contribution in [2.45, 2.75) is 43.3 Å². The summed E-state index contributed by atoms with van der Waals surface area (Å²) in [6.07, 6.45) is 6.63. The molecule has 1 aliphatic carbocycles. The zero-order chi connectivity index (χ0) is 18.7. The third kappa shape index (κ3) is 4.27. The smallest absolute Gasteiger partial charge is 0.235 e. The molecule has 0 radical (unpaired) electrons. The van der Waals surface area contributed by atoms with Crippen molar-refractivity contribution in [2.24, 2.45) is 7.05 Å². The van der Waals surface area contributed by atoms with E-state index in [1.54, 1.807) is 31.3 Å². The van der Waals surface area contributed by atoms with Crippen LogP contribution in [0.2, 0.25) is 5.02 Å². The van der Waals surface area contributed by atoms with Crippen LogP contribution in [0, 0.1) is 0 Å². The summed E-state index contributed by atoms with van der Waals surface area (Å²) >= 11 is 5.89. The first-order valence-electron chi connectivity index (χ1n) is 8.66. The lowest BCUT2D eigenvalue weighted by atomic mass is 9.95. The summed E-state index contributed by atoms with van der Waals surface area (Å²) in [4.78, 5) is 16.2. The van der Waals surface area contributed by atoms with Crippen LogP contribution in [0.25, 0.3) is 11.3 Å². The highest BCUT2D eigenvalue weighted by Crippen LogP contribution is 2.24. The lowest BCUT2D eigenvalue weighted by molar-refractivity contribution is -0.119. The molecule has 1 heterocycles. The molecule has 1 aliphatic rings. The average molecular weight is 396 g/mol. The predicted molar refractivity (Wildman–Crippen MR) is 101 cm³/mol. The van der Waals surface area contributed by atoms with E-state index < -0.39 is 21.5 Å². The van der Waals surface area contributed by atoms with Crippen molar-refractivity contribution in [2.75, 3.05) is 5.75 Å². The number of rotatable bonds is 5. The maximum atomic E-state index is 12.6. The maximum Gasteiger partial charge on any atom is 0.235 e. The molecule has 3 rings (SSSR count). The van der Waals surface area contributed by atoms with E-state index in [9.17, 15) is 13.2 Å². The molecule has 0 aliphatic heterocycles. The number of benzene rings is 1. The van der Waals surface area contributed by atoms with Gasteiger partial charge in [0, 0.05) is 18.1 Å². The first kappa shape index (κ1) is 18.9. The van der Waals surface area contributed by atoms with E-state index >= 15 is 0 Å². The predicted octanol–water partition coefficient (Wildman–Crippen LogP) is 2.96. The standard InChI is InChI=1S/C18H22ClN3O3S/c1-22-16(13-7-9-14(19)10-8-13)11-20-18(22)26(24,25)12-17(23)21-15-5-3-2-4-6-15/h7-11,15H,2-6,12H2,1H3,(H,21,23). The highest BCUT2D eigenvalue weighted by molar-refractivity contribution is 7.92. The Bertz CT molecular complexity index is 885. The number of nitrogens with one attached hydrogen (secondary N) is 1. The van der Waals surface area contributed by atoms with Crippen molar-refractivity contribution in [3.8, 4) is 11.3 Å². The van der Waals surface area contributed by atoms with E-state index in [0.717, 1.165) is 31.2 Å². The van der Waals surface area contributed by atoms with Crippen LogP contribution in [-0.4, -0.2) is 35.7 Å². The van der Waals surface area contributed by atoms with Gasteiger partial charge in [-0.15, -0.1) is 0 Å². The molecule has 1 saturated carbocycles. The van der Waals surface area contributed by atoms with E-state index in [-0.39, 0.29) is 11.2 Å². The zero-order valence-electron chi connectivity index (χ0n) is 14.6. The first-order chi connectivity index (χ1) is 12.4. The third-order valence-corrected chi connectivity index (χ3v) is 6.48. The van der Waals surface area contributed by atoms with Crippen molar-refractivity contribution in [1.29, 1.82) is 0 Å². The Morgan fingerprint density at radius 3 is 2.54 bits per heavy atom. The fraction of sp³-hybridized carbons (Fsp3) is 0.444. The van der Waals surface area contributed by atoms with Gasteiger partial charge in [-0.05, 0) is 30.5 Å². The van der Waals surface area contributed by atoms with Gasteiger partial charge in [0.1, 0.15) is 5.75 Å². The second-order valence-corrected chi connectivity index (χ2v) is 8.97. The summed E-state index contributed by atoms with van der Waals surface area (Å²) in [6.45, 7) is 0. The highest BCUT2D eigenvalue weighted by atomic mass is 35.5. The Balaban J connectivity index is 1.75. The van der Waals surface area contributed by atoms with Crippen LogP contribution in [0.15, 0.2) is 35.6 Å². The van der Waals surface area contributed by atoms with Crippen LogP contribution in [-0.2, 0) is 21.7 Å². The van der Waals surface area contributed by atoms with Crippen molar-refractivity contribution >= 4 is 27.3 Å². The Hall–Kier alpha value is -1.86. The fourth-order valence-corrected chi connectivity index (χ4v) is 4.74. The van der Waals surface area contributed by atoms with E-state index in [4.69, 9.17) is 11.6 Å². The maximum absolute atomic E-state index is 12.6. The molecule has 2 aromatic rings. The molecule has 26 heavy (non-hydrogen) atoms. The van der Waals surface area contributed by atoms with Crippen LogP contribution >= 0.6 is 11.6 Å². The number of hydrogen-bond acceptors (Lipinski definition) is 4. The summed E-state index contributed by atoms with van der Waals surface area (Å²) in [5.74, 6) is -1.05. The van der Waals surface area contributed by atoms with Gasteiger partial charge in [0.15, 0.2) is 0 Å². The lowest BCUT2D eigenvalue weighted by Gasteiger charge is -2.22. The second kappa shape index (κ2) is 7.80. The molecule has 0 atom stereocenters. The van der Waals surface area contributed by atoms with Crippen molar-refractivity contribution in [3.05, 3.63) is 35.5 Å². The molecule has 1 amide bonds. The summed E-state index contributed by atoms with van der Waals surface area (Å²) in [7, 11) is -2.19. The van der Waals surface area contributed by atoms with Crippen molar-refractivity contribution in [1.82, 2.24) is 14.9 Å². The molecule has 1 aromatic heterocycles. The topological polar surface area (TPSA) is 81.1 Å². The van der Waals surface area contributed by atoms with E-state index in [2.05, 4.69) is 10.3 Å². The fourth-order valence-electron chi connectivity index (χ4n) is 3.32. The SMILES string of the molecule is Cn1c(-c2ccc(Cl)cc2)cnc1S(=O)(=O)CC(=O)NC1CCCCC1. The molecule has 0 unspecified atom stereocenters.